The van der Waals surface area contributed by atoms with E-state index < -0.39 is 0 Å². The van der Waals surface area contributed by atoms with Crippen molar-refractivity contribution in [2.75, 3.05) is 26.3 Å². The molecule has 0 radical (unpaired) electrons. The number of rotatable bonds is 7. The molecule has 3 nitrogen and oxygen atoms in total. The highest BCUT2D eigenvalue weighted by Gasteiger charge is 2.39. The van der Waals surface area contributed by atoms with Gasteiger partial charge in [-0.3, -0.25) is 0 Å². The van der Waals surface area contributed by atoms with Gasteiger partial charge in [-0.2, -0.15) is 0 Å². The van der Waals surface area contributed by atoms with E-state index in [-0.39, 0.29) is 0 Å². The van der Waals surface area contributed by atoms with Crippen molar-refractivity contribution in [1.29, 1.82) is 0 Å². The quantitative estimate of drug-likeness (QED) is 0.799. The van der Waals surface area contributed by atoms with Gasteiger partial charge in [0, 0.05) is 30.5 Å². The van der Waals surface area contributed by atoms with E-state index in [0.29, 0.717) is 18.0 Å². The lowest BCUT2D eigenvalue weighted by Crippen LogP contribution is -2.41. The van der Waals surface area contributed by atoms with Crippen LogP contribution in [-0.4, -0.2) is 38.4 Å². The first-order valence-corrected chi connectivity index (χ1v) is 7.98. The maximum atomic E-state index is 5.63. The van der Waals surface area contributed by atoms with Gasteiger partial charge in [-0.1, -0.05) is 37.3 Å². The minimum Gasteiger partial charge on any atom is -0.379 e. The predicted molar refractivity (Wildman–Crippen MR) is 82.0 cm³/mol. The molecule has 0 spiro atoms. The normalized spacial score (nSPS) is 32.5. The van der Waals surface area contributed by atoms with Gasteiger partial charge in [0.15, 0.2) is 0 Å². The first-order valence-electron chi connectivity index (χ1n) is 7.98. The fraction of sp³-hybridized carbons (Fsp3) is 0.647. The standard InChI is InChI=1S/C17H26N2O/c1-2-8-18-17-12-20-11-14(17)10-19-16-9-15(16)13-6-4-3-5-7-13/h3-7,14-19H,2,8-12H2,1H3. The molecule has 2 N–H and O–H groups in total. The van der Waals surface area contributed by atoms with Crippen molar-refractivity contribution in [1.82, 2.24) is 10.6 Å². The molecule has 110 valence electrons. The van der Waals surface area contributed by atoms with Crippen molar-refractivity contribution >= 4 is 0 Å². The summed E-state index contributed by atoms with van der Waals surface area (Å²) in [4.78, 5) is 0. The first kappa shape index (κ1) is 14.1. The van der Waals surface area contributed by atoms with E-state index in [0.717, 1.165) is 32.2 Å². The van der Waals surface area contributed by atoms with Crippen LogP contribution in [0.15, 0.2) is 30.3 Å². The van der Waals surface area contributed by atoms with Crippen LogP contribution >= 0.6 is 0 Å². The summed E-state index contributed by atoms with van der Waals surface area (Å²) in [5, 5.41) is 7.34. The van der Waals surface area contributed by atoms with Gasteiger partial charge in [0.1, 0.15) is 0 Å². The topological polar surface area (TPSA) is 33.3 Å². The van der Waals surface area contributed by atoms with Gasteiger partial charge in [-0.05, 0) is 24.9 Å². The summed E-state index contributed by atoms with van der Waals surface area (Å²) >= 11 is 0. The number of ether oxygens (including phenoxy) is 1. The molecule has 2 aliphatic rings. The van der Waals surface area contributed by atoms with E-state index in [2.05, 4.69) is 47.9 Å². The van der Waals surface area contributed by atoms with Crippen molar-refractivity contribution in [2.24, 2.45) is 5.92 Å². The summed E-state index contributed by atoms with van der Waals surface area (Å²) in [6, 6.07) is 12.1. The third-order valence-electron chi connectivity index (χ3n) is 4.52. The van der Waals surface area contributed by atoms with Gasteiger partial charge < -0.3 is 15.4 Å². The molecule has 3 rings (SSSR count). The number of hydrogen-bond acceptors (Lipinski definition) is 3. The van der Waals surface area contributed by atoms with Gasteiger partial charge in [0.25, 0.3) is 0 Å². The zero-order valence-corrected chi connectivity index (χ0v) is 12.3. The maximum absolute atomic E-state index is 5.63. The second-order valence-corrected chi connectivity index (χ2v) is 6.13. The van der Waals surface area contributed by atoms with Crippen LogP contribution in [0.4, 0.5) is 0 Å². The van der Waals surface area contributed by atoms with Crippen LogP contribution in [0.3, 0.4) is 0 Å². The molecule has 1 aliphatic carbocycles. The Hall–Kier alpha value is -0.900. The van der Waals surface area contributed by atoms with Gasteiger partial charge >= 0.3 is 0 Å². The van der Waals surface area contributed by atoms with Crippen LogP contribution in [0.25, 0.3) is 0 Å². The molecule has 1 aromatic rings. The predicted octanol–water partition coefficient (Wildman–Crippen LogP) is 2.15. The van der Waals surface area contributed by atoms with Gasteiger partial charge in [0.05, 0.1) is 13.2 Å². The minimum atomic E-state index is 0.538. The second-order valence-electron chi connectivity index (χ2n) is 6.13. The molecule has 4 unspecified atom stereocenters. The lowest BCUT2D eigenvalue weighted by molar-refractivity contribution is 0.182. The molecular weight excluding hydrogens is 248 g/mol. The van der Waals surface area contributed by atoms with Crippen LogP contribution in [-0.2, 0) is 4.74 Å². The molecule has 1 aliphatic heterocycles. The third kappa shape index (κ3) is 3.40. The van der Waals surface area contributed by atoms with Crippen LogP contribution in [0.2, 0.25) is 0 Å². The SMILES string of the molecule is CCCNC1COCC1CNC1CC1c1ccccc1. The molecular formula is C17H26N2O. The highest BCUT2D eigenvalue weighted by atomic mass is 16.5. The molecule has 0 aromatic heterocycles. The number of hydrogen-bond donors (Lipinski definition) is 2. The van der Waals surface area contributed by atoms with Crippen molar-refractivity contribution < 1.29 is 4.74 Å². The lowest BCUT2D eigenvalue weighted by Gasteiger charge is -2.19. The van der Waals surface area contributed by atoms with E-state index >= 15 is 0 Å². The zero-order chi connectivity index (χ0) is 13.8. The highest BCUT2D eigenvalue weighted by molar-refractivity contribution is 5.27. The van der Waals surface area contributed by atoms with E-state index in [9.17, 15) is 0 Å². The lowest BCUT2D eigenvalue weighted by atomic mass is 10.0. The fourth-order valence-electron chi connectivity index (χ4n) is 3.15. The molecule has 1 aromatic carbocycles. The highest BCUT2D eigenvalue weighted by Crippen LogP contribution is 2.40. The van der Waals surface area contributed by atoms with Gasteiger partial charge in [0.2, 0.25) is 0 Å². The monoisotopic (exact) mass is 274 g/mol. The Labute approximate surface area is 122 Å². The van der Waals surface area contributed by atoms with Crippen molar-refractivity contribution in [3.8, 4) is 0 Å². The minimum absolute atomic E-state index is 0.538. The number of nitrogens with one attached hydrogen (secondary N) is 2. The Morgan fingerprint density at radius 3 is 2.75 bits per heavy atom. The Morgan fingerprint density at radius 1 is 1.10 bits per heavy atom. The molecule has 3 heteroatoms. The van der Waals surface area contributed by atoms with Crippen LogP contribution < -0.4 is 10.6 Å². The van der Waals surface area contributed by atoms with Crippen LogP contribution in [0.5, 0.6) is 0 Å². The molecule has 1 heterocycles. The Kier molecular flexibility index (Phi) is 4.71. The Morgan fingerprint density at radius 2 is 1.95 bits per heavy atom. The van der Waals surface area contributed by atoms with Crippen molar-refractivity contribution in [2.45, 2.75) is 37.8 Å². The molecule has 0 amide bonds. The summed E-state index contributed by atoms with van der Waals surface area (Å²) in [7, 11) is 0. The summed E-state index contributed by atoms with van der Waals surface area (Å²) < 4.78 is 5.63. The average Bonchev–Trinajstić information content (AvgIpc) is 3.14. The maximum Gasteiger partial charge on any atom is 0.0623 e. The fourth-order valence-corrected chi connectivity index (χ4v) is 3.15. The largest absolute Gasteiger partial charge is 0.379 e. The van der Waals surface area contributed by atoms with Gasteiger partial charge in [-0.25, -0.2) is 0 Å². The Bertz CT molecular complexity index is 409. The Balaban J connectivity index is 1.42. The second kappa shape index (κ2) is 6.70. The van der Waals surface area contributed by atoms with Gasteiger partial charge in [-0.15, -0.1) is 0 Å². The summed E-state index contributed by atoms with van der Waals surface area (Å²) in [6.07, 6.45) is 2.47. The van der Waals surface area contributed by atoms with E-state index in [1.807, 2.05) is 0 Å². The molecule has 0 bridgehead atoms. The van der Waals surface area contributed by atoms with Crippen LogP contribution in [0.1, 0.15) is 31.2 Å². The van der Waals surface area contributed by atoms with Crippen molar-refractivity contribution in [3.05, 3.63) is 35.9 Å². The summed E-state index contributed by atoms with van der Waals surface area (Å²) in [5.41, 5.74) is 1.48. The van der Waals surface area contributed by atoms with E-state index in [4.69, 9.17) is 4.74 Å². The van der Waals surface area contributed by atoms with E-state index in [1.54, 1.807) is 0 Å². The first-order chi connectivity index (χ1) is 9.88. The smallest absolute Gasteiger partial charge is 0.0623 e. The molecule has 1 saturated carbocycles. The van der Waals surface area contributed by atoms with E-state index in [1.165, 1.54) is 18.4 Å². The molecule has 2 fully saturated rings. The number of benzene rings is 1. The average molecular weight is 274 g/mol. The summed E-state index contributed by atoms with van der Waals surface area (Å²) in [6.45, 7) is 6.16. The zero-order valence-electron chi connectivity index (χ0n) is 12.3. The molecule has 1 saturated heterocycles. The van der Waals surface area contributed by atoms with Crippen molar-refractivity contribution in [3.63, 3.8) is 0 Å². The van der Waals surface area contributed by atoms with Crippen LogP contribution in [0, 0.1) is 5.92 Å². The molecule has 4 atom stereocenters. The summed E-state index contributed by atoms with van der Waals surface area (Å²) in [5.74, 6) is 1.35. The third-order valence-corrected chi connectivity index (χ3v) is 4.52. The molecule has 20 heavy (non-hydrogen) atoms.